The summed E-state index contributed by atoms with van der Waals surface area (Å²) in [5, 5.41) is 20.3. The maximum Gasteiger partial charge on any atom is 0.336 e. The third-order valence-electron chi connectivity index (χ3n) is 2.51. The molecule has 0 aliphatic rings. The molecule has 0 heterocycles. The normalized spacial score (nSPS) is 10.4. The first-order valence-corrected chi connectivity index (χ1v) is 7.93. The van der Waals surface area contributed by atoms with E-state index in [9.17, 15) is 20.0 Å². The fourth-order valence-electron chi connectivity index (χ4n) is 1.60. The average Bonchev–Trinajstić information content (AvgIpc) is 2.40. The minimum atomic E-state index is -1.08. The van der Waals surface area contributed by atoms with Crippen LogP contribution >= 0.6 is 43.6 Å². The van der Waals surface area contributed by atoms with Gasteiger partial charge in [0.1, 0.15) is 0 Å². The molecular formula is C13H7Br2NO4S. The largest absolute Gasteiger partial charge is 0.478 e. The molecule has 8 heteroatoms. The number of carboxylic acids is 1. The molecule has 0 bridgehead atoms. The molecule has 1 N–H and O–H groups in total. The molecule has 0 saturated carbocycles. The van der Waals surface area contributed by atoms with Crippen molar-refractivity contribution in [3.63, 3.8) is 0 Å². The van der Waals surface area contributed by atoms with Gasteiger partial charge in [-0.05, 0) is 30.3 Å². The van der Waals surface area contributed by atoms with Gasteiger partial charge in [-0.15, -0.1) is 0 Å². The van der Waals surface area contributed by atoms with Gasteiger partial charge in [0.15, 0.2) is 0 Å². The van der Waals surface area contributed by atoms with E-state index in [0.717, 1.165) is 11.8 Å². The SMILES string of the molecule is O=C(O)c1ccc(Br)cc1Sc1ccc(Br)cc1[N+](=O)[O-]. The highest BCUT2D eigenvalue weighted by molar-refractivity contribution is 9.10. The van der Waals surface area contributed by atoms with Gasteiger partial charge in [0.05, 0.1) is 15.4 Å². The average molecular weight is 433 g/mol. The molecule has 5 nitrogen and oxygen atoms in total. The molecule has 0 atom stereocenters. The minimum Gasteiger partial charge on any atom is -0.478 e. The quantitative estimate of drug-likeness (QED) is 0.544. The van der Waals surface area contributed by atoms with Crippen molar-refractivity contribution in [3.8, 4) is 0 Å². The molecule has 0 aromatic heterocycles. The van der Waals surface area contributed by atoms with E-state index in [0.29, 0.717) is 18.7 Å². The Bertz CT molecular complexity index is 736. The summed E-state index contributed by atoms with van der Waals surface area (Å²) < 4.78 is 1.29. The van der Waals surface area contributed by atoms with Crippen LogP contribution in [-0.4, -0.2) is 16.0 Å². The standard InChI is InChI=1S/C13H7Br2NO4S/c14-7-2-4-11(10(5-7)16(19)20)21-12-6-8(15)1-3-9(12)13(17)18/h1-6H,(H,17,18). The lowest BCUT2D eigenvalue weighted by Crippen LogP contribution is -1.99. The van der Waals surface area contributed by atoms with Crippen LogP contribution in [0.5, 0.6) is 0 Å². The van der Waals surface area contributed by atoms with Crippen LogP contribution in [-0.2, 0) is 0 Å². The highest BCUT2D eigenvalue weighted by Gasteiger charge is 2.18. The lowest BCUT2D eigenvalue weighted by Gasteiger charge is -2.07. The van der Waals surface area contributed by atoms with Gasteiger partial charge in [0.25, 0.3) is 5.69 Å². The number of hydrogen-bond donors (Lipinski definition) is 1. The lowest BCUT2D eigenvalue weighted by molar-refractivity contribution is -0.387. The summed E-state index contributed by atoms with van der Waals surface area (Å²) in [6.07, 6.45) is 0. The number of nitrogens with zero attached hydrogens (tertiary/aromatic N) is 1. The molecule has 0 saturated heterocycles. The van der Waals surface area contributed by atoms with E-state index in [4.69, 9.17) is 0 Å². The zero-order chi connectivity index (χ0) is 15.6. The third kappa shape index (κ3) is 3.84. The van der Waals surface area contributed by atoms with Crippen molar-refractivity contribution in [2.45, 2.75) is 9.79 Å². The van der Waals surface area contributed by atoms with Crippen molar-refractivity contribution in [1.82, 2.24) is 0 Å². The molecule has 108 valence electrons. The van der Waals surface area contributed by atoms with E-state index in [1.165, 1.54) is 12.1 Å². The Morgan fingerprint density at radius 3 is 2.33 bits per heavy atom. The predicted octanol–water partition coefficient (Wildman–Crippen LogP) is 4.97. The summed E-state index contributed by atoms with van der Waals surface area (Å²) in [5.41, 5.74) is 0.0195. The highest BCUT2D eigenvalue weighted by atomic mass is 79.9. The van der Waals surface area contributed by atoms with Crippen LogP contribution in [0.15, 0.2) is 55.1 Å². The molecule has 0 spiro atoms. The van der Waals surface area contributed by atoms with E-state index in [-0.39, 0.29) is 11.3 Å². The summed E-state index contributed by atoms with van der Waals surface area (Å²) in [6, 6.07) is 9.34. The van der Waals surface area contributed by atoms with Gasteiger partial charge in [0.2, 0.25) is 0 Å². The monoisotopic (exact) mass is 431 g/mol. The second-order valence-electron chi connectivity index (χ2n) is 3.92. The predicted molar refractivity (Wildman–Crippen MR) is 86.0 cm³/mol. The number of hydrogen-bond acceptors (Lipinski definition) is 4. The van der Waals surface area contributed by atoms with Crippen LogP contribution in [0.2, 0.25) is 0 Å². The smallest absolute Gasteiger partial charge is 0.336 e. The van der Waals surface area contributed by atoms with Gasteiger partial charge in [0, 0.05) is 19.9 Å². The molecule has 2 aromatic carbocycles. The van der Waals surface area contributed by atoms with Crippen LogP contribution in [0.4, 0.5) is 5.69 Å². The van der Waals surface area contributed by atoms with Crippen LogP contribution in [0, 0.1) is 10.1 Å². The van der Waals surface area contributed by atoms with Crippen molar-refractivity contribution in [1.29, 1.82) is 0 Å². The van der Waals surface area contributed by atoms with Gasteiger partial charge in [-0.3, -0.25) is 10.1 Å². The first-order valence-electron chi connectivity index (χ1n) is 5.53. The third-order valence-corrected chi connectivity index (χ3v) is 4.62. The van der Waals surface area contributed by atoms with Gasteiger partial charge in [-0.2, -0.15) is 0 Å². The number of carboxylic acid groups (broad SMARTS) is 1. The van der Waals surface area contributed by atoms with E-state index < -0.39 is 10.9 Å². The van der Waals surface area contributed by atoms with Crippen LogP contribution in [0.3, 0.4) is 0 Å². The van der Waals surface area contributed by atoms with E-state index in [2.05, 4.69) is 31.9 Å². The first-order chi connectivity index (χ1) is 9.88. The van der Waals surface area contributed by atoms with Crippen molar-refractivity contribution in [3.05, 3.63) is 61.0 Å². The summed E-state index contributed by atoms with van der Waals surface area (Å²) in [6.45, 7) is 0. The molecule has 0 radical (unpaired) electrons. The van der Waals surface area contributed by atoms with E-state index >= 15 is 0 Å². The molecule has 2 aromatic rings. The fraction of sp³-hybridized carbons (Fsp3) is 0. The van der Waals surface area contributed by atoms with E-state index in [1.54, 1.807) is 24.3 Å². The Morgan fingerprint density at radius 1 is 1.10 bits per heavy atom. The van der Waals surface area contributed by atoms with Gasteiger partial charge in [-0.25, -0.2) is 4.79 Å². The van der Waals surface area contributed by atoms with Crippen molar-refractivity contribution in [2.75, 3.05) is 0 Å². The molecule has 0 aliphatic heterocycles. The fourth-order valence-corrected chi connectivity index (χ4v) is 3.52. The number of nitro groups is 1. The van der Waals surface area contributed by atoms with Gasteiger partial charge < -0.3 is 5.11 Å². The number of rotatable bonds is 4. The molecule has 0 aliphatic carbocycles. The minimum absolute atomic E-state index is 0.0781. The molecule has 0 amide bonds. The number of aromatic carboxylic acids is 1. The number of nitro benzene ring substituents is 1. The molecule has 0 unspecified atom stereocenters. The Labute approximate surface area is 140 Å². The molecular weight excluding hydrogens is 426 g/mol. The second-order valence-corrected chi connectivity index (χ2v) is 6.83. The Balaban J connectivity index is 2.50. The maximum absolute atomic E-state index is 11.2. The Hall–Kier alpha value is -1.38. The zero-order valence-electron chi connectivity index (χ0n) is 10.2. The van der Waals surface area contributed by atoms with Crippen molar-refractivity contribution >= 4 is 55.3 Å². The van der Waals surface area contributed by atoms with Crippen LogP contribution < -0.4 is 0 Å². The Kier molecular flexibility index (Phi) is 5.02. The lowest BCUT2D eigenvalue weighted by atomic mass is 10.2. The topological polar surface area (TPSA) is 80.4 Å². The number of carbonyl (C=O) groups is 1. The number of benzene rings is 2. The molecule has 0 fully saturated rings. The van der Waals surface area contributed by atoms with Gasteiger partial charge >= 0.3 is 5.97 Å². The summed E-state index contributed by atoms with van der Waals surface area (Å²) >= 11 is 7.50. The Morgan fingerprint density at radius 2 is 1.71 bits per heavy atom. The number of halogens is 2. The highest BCUT2D eigenvalue weighted by Crippen LogP contribution is 2.38. The van der Waals surface area contributed by atoms with Crippen molar-refractivity contribution < 1.29 is 14.8 Å². The maximum atomic E-state index is 11.2. The van der Waals surface area contributed by atoms with E-state index in [1.807, 2.05) is 0 Å². The zero-order valence-corrected chi connectivity index (χ0v) is 14.2. The summed E-state index contributed by atoms with van der Waals surface area (Å²) in [5.74, 6) is -1.08. The van der Waals surface area contributed by atoms with Crippen LogP contribution in [0.1, 0.15) is 10.4 Å². The summed E-state index contributed by atoms with van der Waals surface area (Å²) in [7, 11) is 0. The molecule has 2 rings (SSSR count). The van der Waals surface area contributed by atoms with Crippen molar-refractivity contribution in [2.24, 2.45) is 0 Å². The second kappa shape index (κ2) is 6.59. The van der Waals surface area contributed by atoms with Crippen LogP contribution in [0.25, 0.3) is 0 Å². The molecule has 21 heavy (non-hydrogen) atoms. The van der Waals surface area contributed by atoms with Gasteiger partial charge in [-0.1, -0.05) is 43.6 Å². The first kappa shape index (κ1) is 16.0. The summed E-state index contributed by atoms with van der Waals surface area (Å²) in [4.78, 5) is 22.6.